The lowest BCUT2D eigenvalue weighted by atomic mass is 9.58. The quantitative estimate of drug-likeness (QED) is 0.192. The third-order valence-corrected chi connectivity index (χ3v) is 16.0. The van der Waals surface area contributed by atoms with Gasteiger partial charge in [-0.3, -0.25) is 14.5 Å². The fourth-order valence-electron chi connectivity index (χ4n) is 8.10. The lowest BCUT2D eigenvalue weighted by Crippen LogP contribution is -2.65. The highest BCUT2D eigenvalue weighted by atomic mass is 28.4. The molecule has 1 aromatic heterocycles. The van der Waals surface area contributed by atoms with E-state index in [2.05, 4.69) is 45.1 Å². The Kier molecular flexibility index (Phi) is 8.16. The first-order chi connectivity index (χ1) is 23.6. The van der Waals surface area contributed by atoms with Crippen LogP contribution in [0.3, 0.4) is 0 Å². The van der Waals surface area contributed by atoms with E-state index in [0.29, 0.717) is 29.9 Å². The molecule has 1 N–H and O–H groups in total. The molecule has 3 aliphatic carbocycles. The highest BCUT2D eigenvalue weighted by molar-refractivity contribution is 6.74. The van der Waals surface area contributed by atoms with Crippen LogP contribution in [0.4, 0.5) is 0 Å². The molecule has 0 radical (unpaired) electrons. The summed E-state index contributed by atoms with van der Waals surface area (Å²) in [5, 5.41) is 18.7. The number of methoxy groups -OCH3 is 1. The van der Waals surface area contributed by atoms with Gasteiger partial charge in [-0.25, -0.2) is 0 Å². The number of carbonyl (C=O) groups is 2. The minimum Gasteiger partial charge on any atom is -0.508 e. The van der Waals surface area contributed by atoms with Crippen molar-refractivity contribution in [2.24, 2.45) is 11.8 Å². The van der Waals surface area contributed by atoms with Crippen LogP contribution in [0.15, 0.2) is 70.5 Å². The number of aliphatic hydroxyl groups is 1. The summed E-state index contributed by atoms with van der Waals surface area (Å²) >= 11 is 0. The molecule has 0 bridgehead atoms. The van der Waals surface area contributed by atoms with Crippen molar-refractivity contribution >= 4 is 30.7 Å². The zero-order chi connectivity index (χ0) is 35.9. The van der Waals surface area contributed by atoms with Gasteiger partial charge in [-0.15, -0.1) is 0 Å². The number of Topliss-reactive ketones (excluding diaryl/α,β-unsaturated/α-hetero) is 2. The average molecular weight is 695 g/mol. The second kappa shape index (κ2) is 11.9. The monoisotopic (exact) mass is 694 g/mol. The molecule has 0 fully saturated rings. The summed E-state index contributed by atoms with van der Waals surface area (Å²) in [5.41, 5.74) is 1.78. The maximum atomic E-state index is 15.4. The first kappa shape index (κ1) is 34.2. The number of aliphatic hydroxyl groups excluding tert-OH is 1. The molecule has 0 amide bonds. The van der Waals surface area contributed by atoms with Crippen molar-refractivity contribution in [3.8, 4) is 11.6 Å². The fraction of sp³-hybridized carbons (Fsp3) is 0.425. The Bertz CT molecular complexity index is 2060. The van der Waals surface area contributed by atoms with Crippen molar-refractivity contribution in [2.75, 3.05) is 21.2 Å². The number of benzene rings is 3. The number of ketones is 2. The van der Waals surface area contributed by atoms with Crippen molar-refractivity contribution in [1.82, 2.24) is 10.1 Å². The minimum atomic E-state index is -2.81. The van der Waals surface area contributed by atoms with E-state index < -0.39 is 31.7 Å². The molecule has 4 atom stereocenters. The van der Waals surface area contributed by atoms with Crippen molar-refractivity contribution in [2.45, 2.75) is 76.9 Å². The van der Waals surface area contributed by atoms with Crippen LogP contribution >= 0.6 is 0 Å². The molecular formula is C40H46N2O7Si. The SMILES string of the molecule is COc1ccc2cc3c(c(C)c2c1)C(=O)C1=C(O)[C@]2(O[Si](C)(C)C(C)(C)C)C(=O)c4c(OCc5ccccc5)noc4[C@@H](N(C)C)[C@@H]2C[C@@H]1C3. The van der Waals surface area contributed by atoms with Crippen molar-refractivity contribution in [3.05, 3.63) is 99.5 Å². The molecule has 50 heavy (non-hydrogen) atoms. The average Bonchev–Trinajstić information content (AvgIpc) is 3.48. The first-order valence-electron chi connectivity index (χ1n) is 17.3. The van der Waals surface area contributed by atoms with Gasteiger partial charge in [0.15, 0.2) is 25.5 Å². The molecule has 0 saturated heterocycles. The molecule has 0 aliphatic heterocycles. The minimum absolute atomic E-state index is 0.0499. The van der Waals surface area contributed by atoms with Crippen LogP contribution in [0.2, 0.25) is 18.1 Å². The number of carbonyl (C=O) groups excluding carboxylic acids is 2. The zero-order valence-electron chi connectivity index (χ0n) is 30.3. The zero-order valence-corrected chi connectivity index (χ0v) is 31.3. The molecule has 0 spiro atoms. The molecule has 3 aliphatic rings. The third kappa shape index (κ3) is 5.06. The number of fused-ring (bicyclic) bond motifs is 5. The second-order valence-electron chi connectivity index (χ2n) is 15.8. The van der Waals surface area contributed by atoms with Gasteiger partial charge in [0.05, 0.1) is 13.2 Å². The molecule has 0 unspecified atom stereocenters. The maximum absolute atomic E-state index is 15.4. The summed E-state index contributed by atoms with van der Waals surface area (Å²) in [6.07, 6.45) is 0.965. The van der Waals surface area contributed by atoms with E-state index in [4.69, 9.17) is 18.4 Å². The molecule has 3 aromatic carbocycles. The standard InChI is InChI=1S/C40H46N2O7Si/c1-22-28-20-27(46-7)16-15-24(28)17-25-18-26-19-29-33(42(5)6)35-32(38(41-48-35)47-21-23-13-11-10-12-14-23)37(45)40(29,49-50(8,9)39(2,3)4)36(44)31(26)34(43)30(22)25/h10-17,20,26,29,33,44H,18-19,21H2,1-9H3/t26-,29-,33-,40-/m0/s1. The number of ether oxygens (including phenoxy) is 2. The predicted molar refractivity (Wildman–Crippen MR) is 194 cm³/mol. The predicted octanol–water partition coefficient (Wildman–Crippen LogP) is 8.17. The summed E-state index contributed by atoms with van der Waals surface area (Å²) in [5.74, 6) is -0.808. The van der Waals surface area contributed by atoms with Gasteiger partial charge in [0.25, 0.3) is 5.88 Å². The van der Waals surface area contributed by atoms with Crippen LogP contribution in [0.1, 0.15) is 76.4 Å². The number of rotatable bonds is 7. The van der Waals surface area contributed by atoms with E-state index >= 15 is 4.79 Å². The second-order valence-corrected chi connectivity index (χ2v) is 20.5. The van der Waals surface area contributed by atoms with E-state index in [1.165, 1.54) is 0 Å². The van der Waals surface area contributed by atoms with Crippen molar-refractivity contribution in [3.63, 3.8) is 0 Å². The van der Waals surface area contributed by atoms with Gasteiger partial charge in [-0.05, 0) is 103 Å². The number of aromatic nitrogens is 1. The van der Waals surface area contributed by atoms with Gasteiger partial charge >= 0.3 is 0 Å². The lowest BCUT2D eigenvalue weighted by molar-refractivity contribution is -0.0480. The summed E-state index contributed by atoms with van der Waals surface area (Å²) in [6, 6.07) is 17.1. The van der Waals surface area contributed by atoms with Gasteiger partial charge < -0.3 is 23.5 Å². The topological polar surface area (TPSA) is 111 Å². The Morgan fingerprint density at radius 2 is 1.78 bits per heavy atom. The van der Waals surface area contributed by atoms with Gasteiger partial charge in [0, 0.05) is 17.1 Å². The van der Waals surface area contributed by atoms with E-state index in [1.807, 2.05) is 74.4 Å². The molecular weight excluding hydrogens is 649 g/mol. The molecule has 9 nitrogen and oxygen atoms in total. The van der Waals surface area contributed by atoms with E-state index in [0.717, 1.165) is 27.5 Å². The molecule has 262 valence electrons. The van der Waals surface area contributed by atoms with Crippen molar-refractivity contribution < 1.29 is 33.1 Å². The molecule has 0 saturated carbocycles. The van der Waals surface area contributed by atoms with Gasteiger partial charge in [-0.2, -0.15) is 0 Å². The number of hydrogen-bond acceptors (Lipinski definition) is 9. The van der Waals surface area contributed by atoms with E-state index in [9.17, 15) is 9.90 Å². The number of allylic oxidation sites excluding steroid dienone is 1. The van der Waals surface area contributed by atoms with Crippen LogP contribution in [0, 0.1) is 18.8 Å². The molecule has 4 aromatic rings. The molecule has 1 heterocycles. The van der Waals surface area contributed by atoms with Gasteiger partial charge in [0.2, 0.25) is 5.78 Å². The lowest BCUT2D eigenvalue weighted by Gasteiger charge is -2.55. The summed E-state index contributed by atoms with van der Waals surface area (Å²) < 4.78 is 24.9. The van der Waals surface area contributed by atoms with Crippen molar-refractivity contribution in [1.29, 1.82) is 0 Å². The Labute approximate surface area is 294 Å². The Morgan fingerprint density at radius 1 is 1.06 bits per heavy atom. The van der Waals surface area contributed by atoms with E-state index in [1.54, 1.807) is 7.11 Å². The Balaban J connectivity index is 1.44. The van der Waals surface area contributed by atoms with Crippen LogP contribution in [0.25, 0.3) is 10.8 Å². The summed E-state index contributed by atoms with van der Waals surface area (Å²) in [6.45, 7) is 12.5. The largest absolute Gasteiger partial charge is 0.508 e. The number of aryl methyl sites for hydroxylation is 1. The normalized spacial score (nSPS) is 23.4. The van der Waals surface area contributed by atoms with Gasteiger partial charge in [-0.1, -0.05) is 63.2 Å². The number of hydrogen-bond donors (Lipinski definition) is 1. The van der Waals surface area contributed by atoms with Crippen LogP contribution in [-0.4, -0.2) is 61.9 Å². The van der Waals surface area contributed by atoms with Crippen LogP contribution in [-0.2, 0) is 17.5 Å². The Morgan fingerprint density at radius 3 is 2.44 bits per heavy atom. The highest BCUT2D eigenvalue weighted by Gasteiger charge is 2.67. The summed E-state index contributed by atoms with van der Waals surface area (Å²) in [4.78, 5) is 32.2. The number of nitrogens with zero attached hydrogens (tertiary/aromatic N) is 2. The molecule has 10 heteroatoms. The summed E-state index contributed by atoms with van der Waals surface area (Å²) in [7, 11) is 2.67. The first-order valence-corrected chi connectivity index (χ1v) is 20.2. The highest BCUT2D eigenvalue weighted by Crippen LogP contribution is 2.59. The van der Waals surface area contributed by atoms with E-state index in [-0.39, 0.29) is 46.1 Å². The third-order valence-electron chi connectivity index (χ3n) is 11.6. The maximum Gasteiger partial charge on any atom is 0.265 e. The van der Waals surface area contributed by atoms with Gasteiger partial charge in [0.1, 0.15) is 23.7 Å². The fourth-order valence-corrected chi connectivity index (χ4v) is 9.55. The Hall–Kier alpha value is -4.25. The van der Waals surface area contributed by atoms with Crippen LogP contribution in [0.5, 0.6) is 11.6 Å². The molecule has 7 rings (SSSR count). The smallest absolute Gasteiger partial charge is 0.265 e. The van der Waals surface area contributed by atoms with Crippen LogP contribution < -0.4 is 9.47 Å².